The minimum Gasteiger partial charge on any atom is -0.325 e. The SMILES string of the molecule is Cc1ccc(NC(=O)CSc2nnc3[nH]c(=O)c(-c4ccc(F)cc4)nn23)cc1C. The quantitative estimate of drug-likeness (QED) is 0.477. The Morgan fingerprint density at radius 1 is 1.13 bits per heavy atom. The molecule has 4 aromatic rings. The van der Waals surface area contributed by atoms with E-state index >= 15 is 0 Å². The standard InChI is InChI=1S/C20H17FN6O2S/c1-11-3-8-15(9-12(11)2)22-16(28)10-30-20-25-24-19-23-18(29)17(26-27(19)20)13-4-6-14(21)7-5-13/h3-9H,10H2,1-2H3,(H,22,28)(H,23,24,29). The number of rotatable bonds is 5. The summed E-state index contributed by atoms with van der Waals surface area (Å²) in [5.74, 6) is -0.377. The molecule has 8 nitrogen and oxygen atoms in total. The molecular weight excluding hydrogens is 407 g/mol. The Morgan fingerprint density at radius 2 is 1.90 bits per heavy atom. The fraction of sp³-hybridized carbons (Fsp3) is 0.150. The summed E-state index contributed by atoms with van der Waals surface area (Å²) in [6.45, 7) is 3.98. The molecule has 0 fully saturated rings. The minimum atomic E-state index is -0.467. The van der Waals surface area contributed by atoms with Gasteiger partial charge in [-0.25, -0.2) is 4.39 Å². The van der Waals surface area contributed by atoms with Crippen molar-refractivity contribution >= 4 is 29.1 Å². The number of aromatic nitrogens is 5. The van der Waals surface area contributed by atoms with E-state index in [4.69, 9.17) is 0 Å². The van der Waals surface area contributed by atoms with Crippen molar-refractivity contribution in [2.75, 3.05) is 11.1 Å². The van der Waals surface area contributed by atoms with Crippen molar-refractivity contribution in [3.8, 4) is 11.3 Å². The van der Waals surface area contributed by atoms with Crippen LogP contribution in [-0.4, -0.2) is 36.5 Å². The van der Waals surface area contributed by atoms with Gasteiger partial charge in [-0.3, -0.25) is 14.6 Å². The Kier molecular flexibility index (Phi) is 5.32. The van der Waals surface area contributed by atoms with Crippen molar-refractivity contribution in [2.24, 2.45) is 0 Å². The van der Waals surface area contributed by atoms with Crippen LogP contribution in [0.5, 0.6) is 0 Å². The van der Waals surface area contributed by atoms with Crippen LogP contribution in [-0.2, 0) is 4.79 Å². The third kappa shape index (κ3) is 4.08. The Labute approximate surface area is 174 Å². The number of aromatic amines is 1. The van der Waals surface area contributed by atoms with Crippen LogP contribution < -0.4 is 10.9 Å². The van der Waals surface area contributed by atoms with E-state index < -0.39 is 11.4 Å². The Hall–Kier alpha value is -3.53. The molecule has 2 N–H and O–H groups in total. The number of hydrogen-bond acceptors (Lipinski definition) is 6. The van der Waals surface area contributed by atoms with Crippen molar-refractivity contribution in [3.05, 3.63) is 69.8 Å². The summed E-state index contributed by atoms with van der Waals surface area (Å²) in [5.41, 5.74) is 3.04. The number of thioether (sulfide) groups is 1. The lowest BCUT2D eigenvalue weighted by molar-refractivity contribution is -0.113. The first-order valence-corrected chi connectivity index (χ1v) is 10.0. The van der Waals surface area contributed by atoms with E-state index in [-0.39, 0.29) is 23.1 Å². The summed E-state index contributed by atoms with van der Waals surface area (Å²) in [7, 11) is 0. The van der Waals surface area contributed by atoms with E-state index in [1.807, 2.05) is 32.0 Å². The second-order valence-corrected chi connectivity index (χ2v) is 7.61. The van der Waals surface area contributed by atoms with Gasteiger partial charge in [-0.05, 0) is 61.4 Å². The number of benzene rings is 2. The van der Waals surface area contributed by atoms with E-state index in [0.29, 0.717) is 10.7 Å². The van der Waals surface area contributed by atoms with Gasteiger partial charge in [0.25, 0.3) is 11.3 Å². The second-order valence-electron chi connectivity index (χ2n) is 6.66. The average molecular weight is 424 g/mol. The summed E-state index contributed by atoms with van der Waals surface area (Å²) in [6, 6.07) is 11.1. The third-order valence-corrected chi connectivity index (χ3v) is 5.41. The highest BCUT2D eigenvalue weighted by atomic mass is 32.2. The van der Waals surface area contributed by atoms with Crippen LogP contribution in [0.4, 0.5) is 10.1 Å². The van der Waals surface area contributed by atoms with Crippen molar-refractivity contribution < 1.29 is 9.18 Å². The predicted molar refractivity (Wildman–Crippen MR) is 112 cm³/mol. The van der Waals surface area contributed by atoms with Gasteiger partial charge in [-0.2, -0.15) is 9.61 Å². The second kappa shape index (κ2) is 8.07. The van der Waals surface area contributed by atoms with Crippen molar-refractivity contribution in [1.29, 1.82) is 0 Å². The fourth-order valence-corrected chi connectivity index (χ4v) is 3.45. The van der Waals surface area contributed by atoms with Crippen LogP contribution in [0.15, 0.2) is 52.4 Å². The average Bonchev–Trinajstić information content (AvgIpc) is 3.11. The molecule has 4 rings (SSSR count). The van der Waals surface area contributed by atoms with Gasteiger partial charge in [0.15, 0.2) is 5.69 Å². The van der Waals surface area contributed by atoms with Crippen LogP contribution >= 0.6 is 11.8 Å². The highest BCUT2D eigenvalue weighted by molar-refractivity contribution is 7.99. The minimum absolute atomic E-state index is 0.0837. The van der Waals surface area contributed by atoms with E-state index in [1.54, 1.807) is 0 Å². The molecule has 0 aliphatic rings. The molecule has 0 atom stereocenters. The van der Waals surface area contributed by atoms with Gasteiger partial charge in [0.05, 0.1) is 5.75 Å². The number of carbonyl (C=O) groups is 1. The lowest BCUT2D eigenvalue weighted by atomic mass is 10.1. The zero-order chi connectivity index (χ0) is 21.3. The summed E-state index contributed by atoms with van der Waals surface area (Å²) in [4.78, 5) is 27.2. The number of hydrogen-bond donors (Lipinski definition) is 2. The van der Waals surface area contributed by atoms with Crippen LogP contribution in [0.25, 0.3) is 17.0 Å². The maximum absolute atomic E-state index is 13.2. The maximum Gasteiger partial charge on any atom is 0.279 e. The number of aryl methyl sites for hydroxylation is 2. The molecule has 0 aliphatic carbocycles. The number of nitrogens with zero attached hydrogens (tertiary/aromatic N) is 4. The van der Waals surface area contributed by atoms with E-state index in [9.17, 15) is 14.0 Å². The fourth-order valence-electron chi connectivity index (χ4n) is 2.77. The van der Waals surface area contributed by atoms with Gasteiger partial charge in [-0.15, -0.1) is 10.2 Å². The molecule has 0 saturated carbocycles. The van der Waals surface area contributed by atoms with E-state index in [1.165, 1.54) is 28.8 Å². The van der Waals surface area contributed by atoms with Crippen molar-refractivity contribution in [1.82, 2.24) is 24.8 Å². The zero-order valence-corrected chi connectivity index (χ0v) is 17.0. The summed E-state index contributed by atoms with van der Waals surface area (Å²) in [5, 5.41) is 15.4. The molecule has 0 aliphatic heterocycles. The van der Waals surface area contributed by atoms with Crippen LogP contribution in [0.1, 0.15) is 11.1 Å². The monoisotopic (exact) mass is 424 g/mol. The lowest BCUT2D eigenvalue weighted by Crippen LogP contribution is -2.16. The molecule has 10 heteroatoms. The van der Waals surface area contributed by atoms with Crippen molar-refractivity contribution in [3.63, 3.8) is 0 Å². The molecule has 2 heterocycles. The molecule has 0 spiro atoms. The van der Waals surface area contributed by atoms with E-state index in [2.05, 4.69) is 25.6 Å². The Morgan fingerprint density at radius 3 is 2.63 bits per heavy atom. The van der Waals surface area contributed by atoms with Gasteiger partial charge < -0.3 is 5.32 Å². The number of carbonyl (C=O) groups excluding carboxylic acids is 1. The molecule has 2 aromatic heterocycles. The van der Waals surface area contributed by atoms with Crippen LogP contribution in [0.2, 0.25) is 0 Å². The molecular formula is C20H17FN6O2S. The predicted octanol–water partition coefficient (Wildman–Crippen LogP) is 2.97. The summed E-state index contributed by atoms with van der Waals surface area (Å²) in [6.07, 6.45) is 0. The number of H-pyrrole nitrogens is 1. The third-order valence-electron chi connectivity index (χ3n) is 4.49. The van der Waals surface area contributed by atoms with Crippen LogP contribution in [0, 0.1) is 19.7 Å². The number of nitrogens with one attached hydrogen (secondary N) is 2. The smallest absolute Gasteiger partial charge is 0.279 e. The van der Waals surface area contributed by atoms with E-state index in [0.717, 1.165) is 28.6 Å². The Bertz CT molecular complexity index is 1300. The highest BCUT2D eigenvalue weighted by Gasteiger charge is 2.15. The Balaban J connectivity index is 1.53. The van der Waals surface area contributed by atoms with Gasteiger partial charge in [-0.1, -0.05) is 17.8 Å². The van der Waals surface area contributed by atoms with Crippen molar-refractivity contribution in [2.45, 2.75) is 19.0 Å². The topological polar surface area (TPSA) is 105 Å². The summed E-state index contributed by atoms with van der Waals surface area (Å²) < 4.78 is 14.5. The number of fused-ring (bicyclic) bond motifs is 1. The van der Waals surface area contributed by atoms with Gasteiger partial charge in [0.2, 0.25) is 11.1 Å². The lowest BCUT2D eigenvalue weighted by Gasteiger charge is -2.07. The van der Waals surface area contributed by atoms with Crippen LogP contribution in [0.3, 0.4) is 0 Å². The molecule has 0 bridgehead atoms. The normalized spacial score (nSPS) is 11.0. The molecule has 2 aromatic carbocycles. The first-order valence-electron chi connectivity index (χ1n) is 9.02. The first-order chi connectivity index (χ1) is 14.4. The van der Waals surface area contributed by atoms with Gasteiger partial charge in [0.1, 0.15) is 5.82 Å². The number of halogens is 1. The first kappa shape index (κ1) is 19.8. The number of amides is 1. The molecule has 30 heavy (non-hydrogen) atoms. The zero-order valence-electron chi connectivity index (χ0n) is 16.1. The molecule has 0 radical (unpaired) electrons. The molecule has 152 valence electrons. The molecule has 1 amide bonds. The van der Waals surface area contributed by atoms with Gasteiger partial charge in [0, 0.05) is 11.3 Å². The largest absolute Gasteiger partial charge is 0.325 e. The summed E-state index contributed by atoms with van der Waals surface area (Å²) >= 11 is 1.14. The molecule has 0 saturated heterocycles. The maximum atomic E-state index is 13.2. The van der Waals surface area contributed by atoms with Gasteiger partial charge >= 0.3 is 0 Å². The number of anilines is 1. The molecule has 0 unspecified atom stereocenters. The highest BCUT2D eigenvalue weighted by Crippen LogP contribution is 2.19.